The molecule has 0 aliphatic carbocycles. The number of nitrogens with one attached hydrogen (secondary N) is 1. The van der Waals surface area contributed by atoms with Crippen molar-refractivity contribution in [2.75, 3.05) is 0 Å². The molecule has 207 valence electrons. The number of amidine groups is 1. The molecule has 1 radical (unpaired) electrons. The van der Waals surface area contributed by atoms with Gasteiger partial charge in [0.15, 0.2) is 0 Å². The molecule has 4 aromatic rings. The van der Waals surface area contributed by atoms with Crippen LogP contribution in [0.3, 0.4) is 0 Å². The molecule has 1 aliphatic rings. The van der Waals surface area contributed by atoms with E-state index in [1.54, 1.807) is 74.5 Å². The minimum atomic E-state index is -4.60. The van der Waals surface area contributed by atoms with Crippen molar-refractivity contribution < 1.29 is 46.4 Å². The van der Waals surface area contributed by atoms with Crippen molar-refractivity contribution in [3.8, 4) is 17.1 Å². The van der Waals surface area contributed by atoms with E-state index >= 15 is 0 Å². The molecule has 2 aromatic heterocycles. The molecule has 1 unspecified atom stereocenters. The van der Waals surface area contributed by atoms with E-state index in [1.807, 2.05) is 5.43 Å². The summed E-state index contributed by atoms with van der Waals surface area (Å²) in [5, 5.41) is 7.16. The second-order valence-corrected chi connectivity index (χ2v) is 8.05. The van der Waals surface area contributed by atoms with Gasteiger partial charge in [0.25, 0.3) is 0 Å². The summed E-state index contributed by atoms with van der Waals surface area (Å²) in [4.78, 5) is 7.23. The van der Waals surface area contributed by atoms with Crippen molar-refractivity contribution in [2.24, 2.45) is 4.99 Å². The SMILES string of the molecule is Cc1cccc(C)c1-n1c(-c2[c-]cccc2)nnc1C(F)(F)F.FC(F)(F)C1N=C(c2ccccn2)[N-]N1.[Ir]. The van der Waals surface area contributed by atoms with Crippen LogP contribution in [-0.4, -0.2) is 37.9 Å². The summed E-state index contributed by atoms with van der Waals surface area (Å²) in [5.41, 5.74) is 8.02. The summed E-state index contributed by atoms with van der Waals surface area (Å²) in [6.45, 7) is 3.53. The van der Waals surface area contributed by atoms with E-state index in [2.05, 4.69) is 31.7 Å². The minimum Gasteiger partial charge on any atom is -0.439 e. The summed E-state index contributed by atoms with van der Waals surface area (Å²) < 4.78 is 77.8. The summed E-state index contributed by atoms with van der Waals surface area (Å²) in [5.74, 6) is -0.949. The Morgan fingerprint density at radius 1 is 0.897 bits per heavy atom. The number of hydrogen-bond acceptors (Lipinski definition) is 5. The molecule has 0 spiro atoms. The van der Waals surface area contributed by atoms with Crippen LogP contribution in [0.2, 0.25) is 0 Å². The van der Waals surface area contributed by atoms with Gasteiger partial charge in [0, 0.05) is 32.0 Å². The van der Waals surface area contributed by atoms with Gasteiger partial charge in [-0.2, -0.15) is 31.4 Å². The van der Waals surface area contributed by atoms with Gasteiger partial charge in [-0.1, -0.05) is 24.3 Å². The van der Waals surface area contributed by atoms with Crippen LogP contribution >= 0.6 is 0 Å². The van der Waals surface area contributed by atoms with E-state index in [-0.39, 0.29) is 31.8 Å². The Balaban J connectivity index is 0.000000228. The number of aryl methyl sites for hydroxylation is 2. The van der Waals surface area contributed by atoms with Gasteiger partial charge in [0.2, 0.25) is 5.82 Å². The predicted molar refractivity (Wildman–Crippen MR) is 127 cm³/mol. The van der Waals surface area contributed by atoms with Gasteiger partial charge in [-0.25, -0.2) is 0 Å². The van der Waals surface area contributed by atoms with E-state index < -0.39 is 24.3 Å². The summed E-state index contributed by atoms with van der Waals surface area (Å²) in [6.07, 6.45) is -9.53. The number of aliphatic imine (C=N–C) groups is 1. The van der Waals surface area contributed by atoms with E-state index in [9.17, 15) is 26.3 Å². The molecule has 0 saturated heterocycles. The average molecular weight is 724 g/mol. The van der Waals surface area contributed by atoms with Gasteiger partial charge < -0.3 is 15.0 Å². The number of rotatable bonds is 3. The van der Waals surface area contributed by atoms with E-state index in [4.69, 9.17) is 0 Å². The fraction of sp³-hybridized carbons (Fsp3) is 0.200. The van der Waals surface area contributed by atoms with E-state index in [0.29, 0.717) is 28.1 Å². The molecule has 5 rings (SSSR count). The second kappa shape index (κ2) is 12.1. The van der Waals surface area contributed by atoms with Crippen LogP contribution in [0.5, 0.6) is 0 Å². The number of nitrogens with zero attached hydrogens (tertiary/aromatic N) is 6. The van der Waals surface area contributed by atoms with Crippen LogP contribution in [-0.2, 0) is 26.3 Å². The molecule has 0 saturated carbocycles. The molecular formula is C25H19F6IrN7-2. The Kier molecular flexibility index (Phi) is 9.26. The molecule has 0 fully saturated rings. The minimum absolute atomic E-state index is 0. The smallest absolute Gasteiger partial charge is 0.439 e. The standard InChI is InChI=1S/C17H13F3N3.C8H6F3N4.Ir/c1-11-7-6-8-12(2)14(11)23-15(13-9-4-3-5-10-13)21-22-16(23)17(18,19)20;9-8(10,11)7-13-6(14-15-7)5-3-1-2-4-12-5;/h3-9H,1-2H3;1-4,7,15H;/q2*-1;. The van der Waals surface area contributed by atoms with Crippen molar-refractivity contribution in [3.63, 3.8) is 0 Å². The van der Waals surface area contributed by atoms with Gasteiger partial charge in [0.1, 0.15) is 6.17 Å². The van der Waals surface area contributed by atoms with Crippen LogP contribution in [0.1, 0.15) is 22.6 Å². The van der Waals surface area contributed by atoms with Crippen molar-refractivity contribution in [1.82, 2.24) is 25.2 Å². The first-order valence-electron chi connectivity index (χ1n) is 11.1. The Labute approximate surface area is 232 Å². The van der Waals surface area contributed by atoms with Crippen LogP contribution in [0.25, 0.3) is 22.5 Å². The maximum Gasteiger partial charge on any atom is 0.451 e. The third-order valence-electron chi connectivity index (χ3n) is 5.28. The molecule has 1 aliphatic heterocycles. The summed E-state index contributed by atoms with van der Waals surface area (Å²) in [7, 11) is 0. The van der Waals surface area contributed by atoms with Crippen molar-refractivity contribution in [2.45, 2.75) is 32.4 Å². The van der Waals surface area contributed by atoms with Gasteiger partial charge in [-0.15, -0.1) is 41.0 Å². The summed E-state index contributed by atoms with van der Waals surface area (Å²) >= 11 is 0. The molecular weight excluding hydrogens is 705 g/mol. The second-order valence-electron chi connectivity index (χ2n) is 8.05. The average Bonchev–Trinajstić information content (AvgIpc) is 3.54. The maximum absolute atomic E-state index is 13.4. The zero-order valence-corrected chi connectivity index (χ0v) is 22.6. The van der Waals surface area contributed by atoms with E-state index in [1.165, 1.54) is 6.20 Å². The van der Waals surface area contributed by atoms with Gasteiger partial charge >= 0.3 is 12.4 Å². The van der Waals surface area contributed by atoms with Crippen LogP contribution in [0.15, 0.2) is 71.9 Å². The molecule has 0 bridgehead atoms. The Hall–Kier alpha value is -3.61. The van der Waals surface area contributed by atoms with Crippen LogP contribution in [0, 0.1) is 19.9 Å². The zero-order chi connectivity index (χ0) is 27.5. The third kappa shape index (κ3) is 6.88. The molecule has 1 N–H and O–H groups in total. The number of aromatic nitrogens is 4. The van der Waals surface area contributed by atoms with Gasteiger partial charge in [-0.3, -0.25) is 10.4 Å². The zero-order valence-electron chi connectivity index (χ0n) is 20.2. The molecule has 14 heteroatoms. The number of hydrogen-bond donors (Lipinski definition) is 1. The van der Waals surface area contributed by atoms with E-state index in [0.717, 1.165) is 4.57 Å². The van der Waals surface area contributed by atoms with Crippen molar-refractivity contribution in [3.05, 3.63) is 101 Å². The van der Waals surface area contributed by atoms with Gasteiger partial charge in [0.05, 0.1) is 11.5 Å². The molecule has 1 atom stereocenters. The summed E-state index contributed by atoms with van der Waals surface area (Å²) in [6, 6.07) is 19.9. The van der Waals surface area contributed by atoms with Crippen LogP contribution < -0.4 is 5.43 Å². The third-order valence-corrected chi connectivity index (χ3v) is 5.28. The number of alkyl halides is 6. The first-order chi connectivity index (χ1) is 18.0. The molecule has 2 aromatic carbocycles. The Morgan fingerprint density at radius 3 is 2.13 bits per heavy atom. The fourth-order valence-corrected chi connectivity index (χ4v) is 3.61. The Bertz CT molecular complexity index is 1400. The molecule has 0 amide bonds. The number of pyridine rings is 1. The quantitative estimate of drug-likeness (QED) is 0.209. The van der Waals surface area contributed by atoms with Crippen LogP contribution in [0.4, 0.5) is 26.3 Å². The largest absolute Gasteiger partial charge is 0.451 e. The molecule has 39 heavy (non-hydrogen) atoms. The fourth-order valence-electron chi connectivity index (χ4n) is 3.61. The monoisotopic (exact) mass is 724 g/mol. The molecule has 3 heterocycles. The normalized spacial score (nSPS) is 15.0. The topological polar surface area (TPSA) is 82.1 Å². The molecule has 7 nitrogen and oxygen atoms in total. The first kappa shape index (κ1) is 29.9. The number of benzene rings is 2. The maximum atomic E-state index is 13.4. The Morgan fingerprint density at radius 2 is 1.59 bits per heavy atom. The van der Waals surface area contributed by atoms with Crippen molar-refractivity contribution in [1.29, 1.82) is 0 Å². The van der Waals surface area contributed by atoms with Gasteiger partial charge in [-0.05, 0) is 42.9 Å². The number of halogens is 6. The predicted octanol–water partition coefficient (Wildman–Crippen LogP) is 5.98. The number of para-hydroxylation sites is 1. The first-order valence-corrected chi connectivity index (χ1v) is 11.1. The van der Waals surface area contributed by atoms with Crippen molar-refractivity contribution >= 4 is 5.84 Å².